The number of benzene rings is 1. The minimum atomic E-state index is -1.02. The summed E-state index contributed by atoms with van der Waals surface area (Å²) in [7, 11) is 1.55. The molecule has 0 unspecified atom stereocenters. The Labute approximate surface area is 92.3 Å². The first-order valence-electron chi connectivity index (χ1n) is 4.14. The topological polar surface area (TPSA) is 22.0 Å². The van der Waals surface area contributed by atoms with Gasteiger partial charge in [-0.2, -0.15) is 0 Å². The van der Waals surface area contributed by atoms with Gasteiger partial charge in [-0.05, 0) is 28.1 Å². The van der Waals surface area contributed by atoms with Gasteiger partial charge in [-0.25, -0.2) is 8.78 Å². The highest BCUT2D eigenvalue weighted by molar-refractivity contribution is 9.10. The van der Waals surface area contributed by atoms with Crippen molar-refractivity contribution in [2.75, 3.05) is 0 Å². The molecule has 1 aromatic heterocycles. The minimum Gasteiger partial charge on any atom is -0.317 e. The van der Waals surface area contributed by atoms with Gasteiger partial charge >= 0.3 is 0 Å². The Morgan fingerprint density at radius 3 is 2.33 bits per heavy atom. The Kier molecular flexibility index (Phi) is 2.34. The van der Waals surface area contributed by atoms with Crippen LogP contribution in [-0.4, -0.2) is 4.57 Å². The van der Waals surface area contributed by atoms with Crippen molar-refractivity contribution in [1.29, 1.82) is 0 Å². The summed E-state index contributed by atoms with van der Waals surface area (Å²) in [5, 5.41) is 0.530. The predicted octanol–water partition coefficient (Wildman–Crippen LogP) is 2.58. The Hall–Kier alpha value is -1.23. The van der Waals surface area contributed by atoms with Gasteiger partial charge in [-0.15, -0.1) is 0 Å². The summed E-state index contributed by atoms with van der Waals surface area (Å²) in [5.41, 5.74) is -0.355. The largest absolute Gasteiger partial charge is 0.317 e. The van der Waals surface area contributed by atoms with Crippen LogP contribution in [0.2, 0.25) is 0 Å². The van der Waals surface area contributed by atoms with Gasteiger partial charge < -0.3 is 4.57 Å². The van der Waals surface area contributed by atoms with E-state index in [0.29, 0.717) is 9.86 Å². The maximum atomic E-state index is 13.0. The molecule has 0 atom stereocenters. The fraction of sp³-hybridized carbons (Fsp3) is 0.100. The van der Waals surface area contributed by atoms with E-state index in [4.69, 9.17) is 0 Å². The molecule has 2 rings (SSSR count). The lowest BCUT2D eigenvalue weighted by Crippen LogP contribution is -2.16. The maximum absolute atomic E-state index is 13.0. The van der Waals surface area contributed by atoms with Crippen molar-refractivity contribution in [3.63, 3.8) is 0 Å². The highest BCUT2D eigenvalue weighted by Gasteiger charge is 2.10. The van der Waals surface area contributed by atoms with Crippen LogP contribution in [0.1, 0.15) is 0 Å². The highest BCUT2D eigenvalue weighted by Crippen LogP contribution is 2.23. The van der Waals surface area contributed by atoms with Crippen LogP contribution in [0.5, 0.6) is 0 Å². The van der Waals surface area contributed by atoms with Gasteiger partial charge in [0.1, 0.15) is 0 Å². The number of pyridine rings is 1. The Morgan fingerprint density at radius 2 is 1.73 bits per heavy atom. The molecule has 0 fully saturated rings. The molecule has 0 saturated carbocycles. The van der Waals surface area contributed by atoms with E-state index in [9.17, 15) is 13.6 Å². The zero-order valence-electron chi connectivity index (χ0n) is 7.72. The molecule has 2 nitrogen and oxygen atoms in total. The summed E-state index contributed by atoms with van der Waals surface area (Å²) >= 11 is 3.19. The van der Waals surface area contributed by atoms with Crippen LogP contribution in [0.15, 0.2) is 27.6 Å². The fourth-order valence-electron chi connectivity index (χ4n) is 1.41. The molecule has 0 spiro atoms. The van der Waals surface area contributed by atoms with Crippen LogP contribution < -0.4 is 5.56 Å². The Morgan fingerprint density at radius 1 is 1.20 bits per heavy atom. The van der Waals surface area contributed by atoms with Crippen LogP contribution in [0, 0.1) is 11.6 Å². The lowest BCUT2D eigenvalue weighted by atomic mass is 10.1. The number of hydrogen-bond donors (Lipinski definition) is 0. The second-order valence-electron chi connectivity index (χ2n) is 3.20. The van der Waals surface area contributed by atoms with Gasteiger partial charge in [-0.1, -0.05) is 0 Å². The quantitative estimate of drug-likeness (QED) is 0.723. The number of rotatable bonds is 0. The molecule has 1 heterocycles. The molecule has 0 bridgehead atoms. The number of hydrogen-bond acceptors (Lipinski definition) is 1. The molecular weight excluding hydrogens is 268 g/mol. The third-order valence-electron chi connectivity index (χ3n) is 2.18. The molecule has 0 aliphatic carbocycles. The van der Waals surface area contributed by atoms with Gasteiger partial charge in [0.2, 0.25) is 0 Å². The standard InChI is InChI=1S/C10H6BrF2NO/c1-14-4-7(11)5-2-8(12)9(13)3-6(5)10(14)15/h2-4H,1H3. The van der Waals surface area contributed by atoms with Gasteiger partial charge in [-0.3, -0.25) is 4.79 Å². The molecule has 0 amide bonds. The molecule has 1 aromatic carbocycles. The van der Waals surface area contributed by atoms with E-state index in [1.807, 2.05) is 0 Å². The maximum Gasteiger partial charge on any atom is 0.258 e. The van der Waals surface area contributed by atoms with E-state index >= 15 is 0 Å². The van der Waals surface area contributed by atoms with Gasteiger partial charge in [0.05, 0.1) is 5.39 Å². The first-order chi connectivity index (χ1) is 7.00. The van der Waals surface area contributed by atoms with Crippen molar-refractivity contribution >= 4 is 26.7 Å². The van der Waals surface area contributed by atoms with E-state index in [2.05, 4.69) is 15.9 Å². The predicted molar refractivity (Wildman–Crippen MR) is 56.8 cm³/mol. The zero-order valence-corrected chi connectivity index (χ0v) is 9.31. The van der Waals surface area contributed by atoms with E-state index < -0.39 is 11.6 Å². The lowest BCUT2D eigenvalue weighted by Gasteiger charge is -2.04. The summed E-state index contributed by atoms with van der Waals surface area (Å²) in [6.45, 7) is 0. The lowest BCUT2D eigenvalue weighted by molar-refractivity contribution is 0.510. The Bertz CT molecular complexity index is 606. The Balaban J connectivity index is 3.04. The molecule has 78 valence electrons. The fourth-order valence-corrected chi connectivity index (χ4v) is 2.04. The van der Waals surface area contributed by atoms with Crippen LogP contribution in [0.25, 0.3) is 10.8 Å². The summed E-state index contributed by atoms with van der Waals surface area (Å²) < 4.78 is 27.8. The van der Waals surface area contributed by atoms with Gasteiger partial charge in [0.15, 0.2) is 11.6 Å². The first-order valence-corrected chi connectivity index (χ1v) is 4.94. The molecule has 0 saturated heterocycles. The number of halogens is 3. The molecule has 0 N–H and O–H groups in total. The third kappa shape index (κ3) is 1.56. The van der Waals surface area contributed by atoms with Crippen LogP contribution in [0.4, 0.5) is 8.78 Å². The summed E-state index contributed by atoms with van der Waals surface area (Å²) in [6, 6.07) is 1.92. The molecule has 0 aliphatic heterocycles. The number of fused-ring (bicyclic) bond motifs is 1. The van der Waals surface area contributed by atoms with Crippen molar-refractivity contribution in [1.82, 2.24) is 4.57 Å². The third-order valence-corrected chi connectivity index (χ3v) is 2.81. The van der Waals surface area contributed by atoms with Crippen molar-refractivity contribution in [3.05, 3.63) is 44.8 Å². The van der Waals surface area contributed by atoms with Crippen molar-refractivity contribution in [3.8, 4) is 0 Å². The molecular formula is C10H6BrF2NO. The van der Waals surface area contributed by atoms with Crippen molar-refractivity contribution < 1.29 is 8.78 Å². The first kappa shape index (κ1) is 10.3. The number of nitrogens with zero attached hydrogens (tertiary/aromatic N) is 1. The van der Waals surface area contributed by atoms with Crippen molar-refractivity contribution in [2.24, 2.45) is 7.05 Å². The zero-order chi connectivity index (χ0) is 11.2. The number of aromatic nitrogens is 1. The van der Waals surface area contributed by atoms with Gasteiger partial charge in [0.25, 0.3) is 5.56 Å². The van der Waals surface area contributed by atoms with Gasteiger partial charge in [0, 0.05) is 23.1 Å². The summed E-state index contributed by atoms with van der Waals surface area (Å²) in [6.07, 6.45) is 1.52. The van der Waals surface area contributed by atoms with Crippen LogP contribution in [-0.2, 0) is 7.05 Å². The molecule has 0 aliphatic rings. The molecule has 2 aromatic rings. The van der Waals surface area contributed by atoms with Crippen LogP contribution >= 0.6 is 15.9 Å². The smallest absolute Gasteiger partial charge is 0.258 e. The monoisotopic (exact) mass is 273 g/mol. The normalized spacial score (nSPS) is 10.9. The van der Waals surface area contributed by atoms with Crippen molar-refractivity contribution in [2.45, 2.75) is 0 Å². The molecule has 0 radical (unpaired) electrons. The van der Waals surface area contributed by atoms with E-state index in [1.54, 1.807) is 7.05 Å². The molecule has 5 heteroatoms. The van der Waals surface area contributed by atoms with E-state index in [-0.39, 0.29) is 10.9 Å². The highest BCUT2D eigenvalue weighted by atomic mass is 79.9. The second kappa shape index (κ2) is 3.41. The molecule has 15 heavy (non-hydrogen) atoms. The average molecular weight is 274 g/mol. The average Bonchev–Trinajstić information content (AvgIpc) is 2.18. The number of aryl methyl sites for hydroxylation is 1. The SMILES string of the molecule is Cn1cc(Br)c2cc(F)c(F)cc2c1=O. The summed E-state index contributed by atoms with van der Waals surface area (Å²) in [4.78, 5) is 11.6. The second-order valence-corrected chi connectivity index (χ2v) is 4.06. The van der Waals surface area contributed by atoms with E-state index in [1.165, 1.54) is 10.8 Å². The van der Waals surface area contributed by atoms with E-state index in [0.717, 1.165) is 12.1 Å². The van der Waals surface area contributed by atoms with Crippen LogP contribution in [0.3, 0.4) is 0 Å². The summed E-state index contributed by atoms with van der Waals surface area (Å²) in [5.74, 6) is -1.98. The minimum absolute atomic E-state index is 0.158.